The van der Waals surface area contributed by atoms with Gasteiger partial charge in [0.1, 0.15) is 5.82 Å². The number of benzene rings is 8. The van der Waals surface area contributed by atoms with Gasteiger partial charge < -0.3 is 4.57 Å². The van der Waals surface area contributed by atoms with E-state index in [-0.39, 0.29) is 5.41 Å². The predicted octanol–water partition coefficient (Wildman–Crippen LogP) is 10.8. The van der Waals surface area contributed by atoms with E-state index in [2.05, 4.69) is 109 Å². The Balaban J connectivity index is 1.21. The van der Waals surface area contributed by atoms with Crippen LogP contribution in [0, 0.1) is 11.3 Å². The molecule has 0 radical (unpaired) electrons. The second-order valence-corrected chi connectivity index (χ2v) is 17.6. The van der Waals surface area contributed by atoms with Crippen LogP contribution >= 0.6 is 7.14 Å². The summed E-state index contributed by atoms with van der Waals surface area (Å²) in [4.78, 5) is 5.44. The fourth-order valence-electron chi connectivity index (χ4n) is 9.37. The third-order valence-corrected chi connectivity index (χ3v) is 14.9. The quantitative estimate of drug-likeness (QED) is 0.136. The summed E-state index contributed by atoms with van der Waals surface area (Å²) in [6, 6.07) is 56.8. The van der Waals surface area contributed by atoms with Gasteiger partial charge in [0.25, 0.3) is 0 Å². The fraction of sp³-hybridized carbons (Fsp3) is 0.0612. The first-order chi connectivity index (χ1) is 26.4. The molecule has 11 rings (SSSR count). The molecule has 0 amide bonds. The normalized spacial score (nSPS) is 16.2. The number of fused-ring (bicyclic) bond motifs is 7. The Morgan fingerprint density at radius 1 is 0.611 bits per heavy atom. The van der Waals surface area contributed by atoms with Crippen LogP contribution < -0.4 is 15.9 Å². The molecule has 54 heavy (non-hydrogen) atoms. The highest BCUT2D eigenvalue weighted by Crippen LogP contribution is 2.53. The summed E-state index contributed by atoms with van der Waals surface area (Å²) in [7, 11) is -3.21. The third kappa shape index (κ3) is 3.97. The lowest BCUT2D eigenvalue weighted by atomic mass is 9.80. The van der Waals surface area contributed by atoms with Crippen LogP contribution in [0.4, 0.5) is 0 Å². The van der Waals surface area contributed by atoms with Crippen molar-refractivity contribution in [3.8, 4) is 45.4 Å². The third-order valence-electron chi connectivity index (χ3n) is 11.8. The Kier molecular flexibility index (Phi) is 6.32. The number of para-hydroxylation sites is 2. The number of hydrogen-bond acceptors (Lipinski definition) is 3. The van der Waals surface area contributed by atoms with E-state index in [4.69, 9.17) is 4.98 Å². The minimum Gasteiger partial charge on any atom is -0.308 e. The van der Waals surface area contributed by atoms with E-state index >= 15 is 4.57 Å². The molecule has 0 saturated heterocycles. The molecule has 0 bridgehead atoms. The van der Waals surface area contributed by atoms with Crippen LogP contribution in [0.15, 0.2) is 158 Å². The van der Waals surface area contributed by atoms with Gasteiger partial charge in [0, 0.05) is 26.9 Å². The molecule has 0 N–H and O–H groups in total. The lowest BCUT2D eigenvalue weighted by Crippen LogP contribution is -2.32. The minimum absolute atomic E-state index is 0.262. The molecule has 2 heterocycles. The first kappa shape index (κ1) is 31.0. The Bertz CT molecular complexity index is 3130. The molecule has 4 nitrogen and oxygen atoms in total. The van der Waals surface area contributed by atoms with E-state index in [1.54, 1.807) is 0 Å². The van der Waals surface area contributed by atoms with E-state index in [9.17, 15) is 5.26 Å². The molecule has 1 aliphatic carbocycles. The molecule has 1 unspecified atom stereocenters. The number of imidazole rings is 1. The average molecular weight is 710 g/mol. The van der Waals surface area contributed by atoms with Crippen LogP contribution in [0.1, 0.15) is 30.5 Å². The van der Waals surface area contributed by atoms with E-state index in [0.717, 1.165) is 71.1 Å². The Morgan fingerprint density at radius 3 is 1.91 bits per heavy atom. The van der Waals surface area contributed by atoms with Crippen molar-refractivity contribution in [3.05, 3.63) is 174 Å². The van der Waals surface area contributed by atoms with Crippen LogP contribution in [-0.2, 0) is 9.98 Å². The lowest BCUT2D eigenvalue weighted by Gasteiger charge is -2.29. The van der Waals surface area contributed by atoms with Crippen molar-refractivity contribution in [3.63, 3.8) is 0 Å². The molecule has 0 spiro atoms. The van der Waals surface area contributed by atoms with Gasteiger partial charge in [-0.05, 0) is 97.4 Å². The van der Waals surface area contributed by atoms with Crippen molar-refractivity contribution in [2.75, 3.05) is 0 Å². The molecule has 2 aliphatic rings. The second kappa shape index (κ2) is 11.0. The van der Waals surface area contributed by atoms with Crippen molar-refractivity contribution < 1.29 is 4.57 Å². The van der Waals surface area contributed by atoms with Gasteiger partial charge in [0.05, 0.1) is 28.4 Å². The Morgan fingerprint density at radius 2 is 1.20 bits per heavy atom. The smallest absolute Gasteiger partial charge is 0.175 e. The van der Waals surface area contributed by atoms with E-state index in [1.807, 2.05) is 72.8 Å². The van der Waals surface area contributed by atoms with Crippen molar-refractivity contribution in [2.45, 2.75) is 19.3 Å². The van der Waals surface area contributed by atoms with E-state index < -0.39 is 7.14 Å². The lowest BCUT2D eigenvalue weighted by molar-refractivity contribution is 0.592. The van der Waals surface area contributed by atoms with Gasteiger partial charge in [0.15, 0.2) is 7.14 Å². The molecular weight excluding hydrogens is 678 g/mol. The maximum Gasteiger partial charge on any atom is 0.175 e. The van der Waals surface area contributed by atoms with Gasteiger partial charge in [-0.25, -0.2) is 4.98 Å². The standard InChI is InChI=1S/C49H32N3OP/c1-49(2)39-27-30(29-50)23-25-33(39)34-26-24-31(28-40(34)49)45-35-15-6-8-17-37(35)46(38-18-9-7-16-36(38)45)48-51-41-19-12-22-44-47(41)52(48)42-20-10-11-21-43(42)54(44,53)32-13-4-3-5-14-32/h3-28H,1-2H3. The summed E-state index contributed by atoms with van der Waals surface area (Å²) in [5, 5.41) is 16.7. The summed E-state index contributed by atoms with van der Waals surface area (Å²) in [6.45, 7) is 4.53. The van der Waals surface area contributed by atoms with Crippen LogP contribution in [0.3, 0.4) is 0 Å². The van der Waals surface area contributed by atoms with Gasteiger partial charge in [-0.1, -0.05) is 129 Å². The summed E-state index contributed by atoms with van der Waals surface area (Å²) >= 11 is 0. The topological polar surface area (TPSA) is 58.7 Å². The number of hydrogen-bond donors (Lipinski definition) is 0. The summed E-state index contributed by atoms with van der Waals surface area (Å²) < 4.78 is 17.9. The maximum absolute atomic E-state index is 15.6. The summed E-state index contributed by atoms with van der Waals surface area (Å²) in [6.07, 6.45) is 0. The van der Waals surface area contributed by atoms with Gasteiger partial charge >= 0.3 is 0 Å². The number of nitriles is 1. The van der Waals surface area contributed by atoms with Crippen molar-refractivity contribution in [2.24, 2.45) is 0 Å². The second-order valence-electron chi connectivity index (χ2n) is 14.9. The highest BCUT2D eigenvalue weighted by atomic mass is 31.2. The van der Waals surface area contributed by atoms with Gasteiger partial charge in [-0.3, -0.25) is 4.57 Å². The highest BCUT2D eigenvalue weighted by molar-refractivity contribution is 7.86. The molecule has 9 aromatic rings. The molecule has 1 aromatic heterocycles. The monoisotopic (exact) mass is 709 g/mol. The molecule has 0 saturated carbocycles. The highest BCUT2D eigenvalue weighted by Gasteiger charge is 2.40. The van der Waals surface area contributed by atoms with Crippen LogP contribution in [0.5, 0.6) is 0 Å². The first-order valence-corrected chi connectivity index (χ1v) is 20.0. The van der Waals surface area contributed by atoms with Crippen molar-refractivity contribution >= 4 is 55.6 Å². The summed E-state index contributed by atoms with van der Waals surface area (Å²) in [5.74, 6) is 0.835. The van der Waals surface area contributed by atoms with Crippen molar-refractivity contribution in [1.29, 1.82) is 5.26 Å². The molecule has 254 valence electrons. The average Bonchev–Trinajstić information content (AvgIpc) is 3.71. The van der Waals surface area contributed by atoms with Crippen LogP contribution in [0.2, 0.25) is 0 Å². The first-order valence-electron chi connectivity index (χ1n) is 18.3. The van der Waals surface area contributed by atoms with Gasteiger partial charge in [-0.2, -0.15) is 5.26 Å². The molecule has 1 atom stereocenters. The zero-order valence-corrected chi connectivity index (χ0v) is 30.6. The van der Waals surface area contributed by atoms with Crippen LogP contribution in [0.25, 0.3) is 71.9 Å². The number of rotatable bonds is 3. The van der Waals surface area contributed by atoms with E-state index in [0.29, 0.717) is 5.56 Å². The van der Waals surface area contributed by atoms with Gasteiger partial charge in [0.2, 0.25) is 0 Å². The molecule has 0 fully saturated rings. The van der Waals surface area contributed by atoms with E-state index in [1.165, 1.54) is 27.8 Å². The zero-order valence-electron chi connectivity index (χ0n) is 29.7. The predicted molar refractivity (Wildman–Crippen MR) is 222 cm³/mol. The zero-order chi connectivity index (χ0) is 36.3. The molecule has 8 aromatic carbocycles. The molecule has 5 heteroatoms. The SMILES string of the molecule is CC1(C)c2cc(C#N)ccc2-c2ccc(-c3c4ccccc4c(-c4nc5cccc6c5n4-c4ccccc4P6(=O)c4ccccc4)c4ccccc34)cc21. The largest absolute Gasteiger partial charge is 0.308 e. The van der Waals surface area contributed by atoms with Crippen molar-refractivity contribution in [1.82, 2.24) is 9.55 Å². The minimum atomic E-state index is -3.21. The number of nitrogens with zero attached hydrogens (tertiary/aromatic N) is 3. The molecular formula is C49H32N3OP. The molecule has 1 aliphatic heterocycles. The van der Waals surface area contributed by atoms with Crippen LogP contribution in [-0.4, -0.2) is 9.55 Å². The Hall–Kier alpha value is -6.53. The van der Waals surface area contributed by atoms with Gasteiger partial charge in [-0.15, -0.1) is 0 Å². The fourth-order valence-corrected chi connectivity index (χ4v) is 12.4. The number of aromatic nitrogens is 2. The Labute approximate surface area is 313 Å². The summed E-state index contributed by atoms with van der Waals surface area (Å²) in [5.41, 5.74) is 11.3. The maximum atomic E-state index is 15.6.